The maximum atomic E-state index is 14.1. The van der Waals surface area contributed by atoms with Gasteiger partial charge in [0.1, 0.15) is 10.7 Å². The van der Waals surface area contributed by atoms with Crippen LogP contribution in [0.2, 0.25) is 0 Å². The largest absolute Gasteiger partial charge is 0.493 e. The van der Waals surface area contributed by atoms with Crippen molar-refractivity contribution >= 4 is 10.0 Å². The maximum Gasteiger partial charge on any atom is 0.243 e. The lowest BCUT2D eigenvalue weighted by atomic mass is 10.1. The van der Waals surface area contributed by atoms with Crippen molar-refractivity contribution in [3.05, 3.63) is 17.9 Å². The van der Waals surface area contributed by atoms with Crippen LogP contribution in [0.1, 0.15) is 19.3 Å². The summed E-state index contributed by atoms with van der Waals surface area (Å²) < 4.78 is 51.6. The third kappa shape index (κ3) is 3.34. The summed E-state index contributed by atoms with van der Waals surface area (Å²) in [4.78, 5) is -0.451. The Morgan fingerprint density at radius 1 is 1.27 bits per heavy atom. The van der Waals surface area contributed by atoms with E-state index in [2.05, 4.69) is 4.72 Å². The van der Waals surface area contributed by atoms with Gasteiger partial charge in [-0.3, -0.25) is 0 Å². The summed E-state index contributed by atoms with van der Waals surface area (Å²) >= 11 is 0. The molecule has 22 heavy (non-hydrogen) atoms. The zero-order chi connectivity index (χ0) is 16.3. The van der Waals surface area contributed by atoms with Crippen molar-refractivity contribution in [2.45, 2.75) is 30.2 Å². The van der Waals surface area contributed by atoms with Crippen LogP contribution in [0.4, 0.5) is 4.39 Å². The number of hydrogen-bond acceptors (Lipinski definition) is 5. The van der Waals surface area contributed by atoms with Crippen LogP contribution in [0.25, 0.3) is 0 Å². The summed E-state index contributed by atoms with van der Waals surface area (Å²) in [5.41, 5.74) is 5.65. The van der Waals surface area contributed by atoms with Crippen LogP contribution in [0, 0.1) is 11.7 Å². The molecule has 0 aliphatic heterocycles. The van der Waals surface area contributed by atoms with Gasteiger partial charge in [-0.05, 0) is 25.3 Å². The fourth-order valence-electron chi connectivity index (χ4n) is 2.78. The lowest BCUT2D eigenvalue weighted by Gasteiger charge is -2.20. The molecule has 3 N–H and O–H groups in total. The van der Waals surface area contributed by atoms with E-state index in [-0.39, 0.29) is 23.5 Å². The fraction of sp³-hybridized carbons (Fsp3) is 0.571. The van der Waals surface area contributed by atoms with Crippen LogP contribution < -0.4 is 19.9 Å². The summed E-state index contributed by atoms with van der Waals surface area (Å²) in [6, 6.07) is 1.87. The van der Waals surface area contributed by atoms with Crippen LogP contribution in [-0.4, -0.2) is 35.2 Å². The normalized spacial score (nSPS) is 21.8. The number of halogens is 1. The third-order valence-corrected chi connectivity index (χ3v) is 5.50. The molecule has 0 saturated heterocycles. The minimum Gasteiger partial charge on any atom is -0.493 e. The first kappa shape index (κ1) is 17.0. The van der Waals surface area contributed by atoms with E-state index in [4.69, 9.17) is 15.2 Å². The van der Waals surface area contributed by atoms with Gasteiger partial charge in [-0.2, -0.15) is 0 Å². The number of hydrogen-bond donors (Lipinski definition) is 2. The predicted molar refractivity (Wildman–Crippen MR) is 80.0 cm³/mol. The summed E-state index contributed by atoms with van der Waals surface area (Å²) in [5.74, 6) is -0.504. The number of nitrogens with one attached hydrogen (secondary N) is 1. The van der Waals surface area contributed by atoms with Gasteiger partial charge in [-0.15, -0.1) is 0 Å². The molecule has 0 radical (unpaired) electrons. The summed E-state index contributed by atoms with van der Waals surface area (Å²) in [6.07, 6.45) is 2.48. The molecule has 2 atom stereocenters. The third-order valence-electron chi connectivity index (χ3n) is 4.00. The van der Waals surface area contributed by atoms with Gasteiger partial charge in [0.25, 0.3) is 0 Å². The van der Waals surface area contributed by atoms with Crippen molar-refractivity contribution < 1.29 is 22.3 Å². The number of nitrogens with two attached hydrogens (primary N) is 1. The Morgan fingerprint density at radius 2 is 1.91 bits per heavy atom. The monoisotopic (exact) mass is 332 g/mol. The summed E-state index contributed by atoms with van der Waals surface area (Å²) in [6.45, 7) is 0.404. The van der Waals surface area contributed by atoms with Crippen LogP contribution in [0.5, 0.6) is 11.5 Å². The summed E-state index contributed by atoms with van der Waals surface area (Å²) in [7, 11) is -1.27. The van der Waals surface area contributed by atoms with Crippen molar-refractivity contribution in [3.63, 3.8) is 0 Å². The number of rotatable bonds is 6. The first-order valence-corrected chi connectivity index (χ1v) is 8.55. The number of benzene rings is 1. The standard InChI is InChI=1S/C14H21FN2O4S/c1-20-12-6-10(15)14(7-13(12)21-2)22(18,19)17-11-5-3-4-9(11)8-16/h6-7,9,11,17H,3-5,8,16H2,1-2H3/t9-,11-/m1/s1. The van der Waals surface area contributed by atoms with E-state index >= 15 is 0 Å². The molecule has 2 rings (SSSR count). The van der Waals surface area contributed by atoms with Gasteiger partial charge in [0.15, 0.2) is 11.5 Å². The van der Waals surface area contributed by atoms with Crippen LogP contribution in [-0.2, 0) is 10.0 Å². The van der Waals surface area contributed by atoms with Gasteiger partial charge < -0.3 is 15.2 Å². The van der Waals surface area contributed by atoms with Crippen molar-refractivity contribution in [2.24, 2.45) is 11.7 Å². The highest BCUT2D eigenvalue weighted by Gasteiger charge is 2.32. The molecule has 1 aliphatic carbocycles. The Kier molecular flexibility index (Phi) is 5.25. The Morgan fingerprint density at radius 3 is 2.50 bits per heavy atom. The predicted octanol–water partition coefficient (Wildman–Crippen LogP) is 1.25. The lowest BCUT2D eigenvalue weighted by Crippen LogP contribution is -2.40. The second kappa shape index (κ2) is 6.80. The summed E-state index contributed by atoms with van der Waals surface area (Å²) in [5, 5.41) is 0. The number of ether oxygens (including phenoxy) is 2. The molecule has 1 fully saturated rings. The number of sulfonamides is 1. The second-order valence-electron chi connectivity index (χ2n) is 5.29. The zero-order valence-electron chi connectivity index (χ0n) is 12.6. The molecule has 0 unspecified atom stereocenters. The molecular weight excluding hydrogens is 311 g/mol. The Balaban J connectivity index is 2.33. The molecule has 0 aromatic heterocycles. The average molecular weight is 332 g/mol. The molecule has 1 aromatic rings. The maximum absolute atomic E-state index is 14.1. The SMILES string of the molecule is COc1cc(F)c(S(=O)(=O)N[C@@H]2CCC[C@@H]2CN)cc1OC. The first-order chi connectivity index (χ1) is 10.4. The highest BCUT2D eigenvalue weighted by molar-refractivity contribution is 7.89. The minimum atomic E-state index is -3.99. The molecule has 0 amide bonds. The molecule has 0 heterocycles. The Bertz CT molecular complexity index is 636. The second-order valence-corrected chi connectivity index (χ2v) is 6.97. The quantitative estimate of drug-likeness (QED) is 0.818. The lowest BCUT2D eigenvalue weighted by molar-refractivity contribution is 0.350. The van der Waals surface area contributed by atoms with Gasteiger partial charge in [-0.1, -0.05) is 6.42 Å². The van der Waals surface area contributed by atoms with Crippen LogP contribution >= 0.6 is 0 Å². The van der Waals surface area contributed by atoms with Gasteiger partial charge in [0.05, 0.1) is 14.2 Å². The van der Waals surface area contributed by atoms with E-state index in [1.165, 1.54) is 14.2 Å². The van der Waals surface area contributed by atoms with E-state index < -0.39 is 20.7 Å². The fourth-order valence-corrected chi connectivity index (χ4v) is 4.19. The molecule has 1 saturated carbocycles. The van der Waals surface area contributed by atoms with Crippen LogP contribution in [0.3, 0.4) is 0 Å². The zero-order valence-corrected chi connectivity index (χ0v) is 13.5. The van der Waals surface area contributed by atoms with E-state index in [0.717, 1.165) is 25.0 Å². The molecule has 8 heteroatoms. The van der Waals surface area contributed by atoms with Gasteiger partial charge in [0, 0.05) is 18.2 Å². The molecular formula is C14H21FN2O4S. The molecule has 0 spiro atoms. The van der Waals surface area contributed by atoms with E-state index in [9.17, 15) is 12.8 Å². The average Bonchev–Trinajstić information content (AvgIpc) is 2.92. The molecule has 124 valence electrons. The van der Waals surface area contributed by atoms with Crippen molar-refractivity contribution in [1.29, 1.82) is 0 Å². The topological polar surface area (TPSA) is 90.7 Å². The van der Waals surface area contributed by atoms with Gasteiger partial charge >= 0.3 is 0 Å². The van der Waals surface area contributed by atoms with Crippen molar-refractivity contribution in [2.75, 3.05) is 20.8 Å². The van der Waals surface area contributed by atoms with Gasteiger partial charge in [0.2, 0.25) is 10.0 Å². The molecule has 0 bridgehead atoms. The Labute approximate surface area is 129 Å². The molecule has 6 nitrogen and oxygen atoms in total. The van der Waals surface area contributed by atoms with Crippen molar-refractivity contribution in [3.8, 4) is 11.5 Å². The Hall–Kier alpha value is -1.38. The van der Waals surface area contributed by atoms with Crippen molar-refractivity contribution in [1.82, 2.24) is 4.72 Å². The smallest absolute Gasteiger partial charge is 0.243 e. The minimum absolute atomic E-state index is 0.0815. The molecule has 1 aliphatic rings. The first-order valence-electron chi connectivity index (χ1n) is 7.07. The molecule has 1 aromatic carbocycles. The van der Waals surface area contributed by atoms with E-state index in [1.807, 2.05) is 0 Å². The van der Waals surface area contributed by atoms with E-state index in [1.54, 1.807) is 0 Å². The number of methoxy groups -OCH3 is 2. The van der Waals surface area contributed by atoms with Gasteiger partial charge in [-0.25, -0.2) is 17.5 Å². The highest BCUT2D eigenvalue weighted by atomic mass is 32.2. The van der Waals surface area contributed by atoms with Crippen LogP contribution in [0.15, 0.2) is 17.0 Å². The van der Waals surface area contributed by atoms with E-state index in [0.29, 0.717) is 13.0 Å². The highest BCUT2D eigenvalue weighted by Crippen LogP contribution is 2.33.